The topological polar surface area (TPSA) is 67.8 Å². The maximum atomic E-state index is 8.71. The van der Waals surface area contributed by atoms with Gasteiger partial charge in [0.05, 0.1) is 5.56 Å². The molecule has 0 unspecified atom stereocenters. The van der Waals surface area contributed by atoms with Crippen LogP contribution in [0.4, 0.5) is 0 Å². The molecule has 0 aliphatic heterocycles. The van der Waals surface area contributed by atoms with Gasteiger partial charge < -0.3 is 15.7 Å². The van der Waals surface area contributed by atoms with E-state index >= 15 is 0 Å². The van der Waals surface area contributed by atoms with Crippen molar-refractivity contribution in [1.29, 1.82) is 0 Å². The molecular weight excluding hydrogens is 204 g/mol. The smallest absolute Gasteiger partial charge is 0.173 e. The maximum Gasteiger partial charge on any atom is 0.173 e. The Morgan fingerprint density at radius 3 is 2.50 bits per heavy atom. The number of oxime groups is 1. The number of aryl methyl sites for hydroxylation is 1. The van der Waals surface area contributed by atoms with Crippen molar-refractivity contribution in [2.24, 2.45) is 10.9 Å². The number of nitrogens with zero attached hydrogens (tertiary/aromatic N) is 1. The van der Waals surface area contributed by atoms with Crippen LogP contribution in [0.2, 0.25) is 0 Å². The van der Waals surface area contributed by atoms with Crippen molar-refractivity contribution < 1.29 is 9.94 Å². The summed E-state index contributed by atoms with van der Waals surface area (Å²) in [5.74, 6) is 0.716. The summed E-state index contributed by atoms with van der Waals surface area (Å²) in [6, 6.07) is 5.54. The van der Waals surface area contributed by atoms with Crippen molar-refractivity contribution in [1.82, 2.24) is 0 Å². The van der Waals surface area contributed by atoms with Crippen molar-refractivity contribution >= 4 is 5.84 Å². The molecule has 0 aliphatic carbocycles. The van der Waals surface area contributed by atoms with E-state index in [2.05, 4.69) is 5.16 Å². The average Bonchev–Trinajstić information content (AvgIpc) is 2.18. The van der Waals surface area contributed by atoms with E-state index in [4.69, 9.17) is 15.7 Å². The third-order valence-corrected chi connectivity index (χ3v) is 2.00. The number of benzene rings is 1. The number of para-hydroxylation sites is 1. The van der Waals surface area contributed by atoms with Gasteiger partial charge in [-0.3, -0.25) is 0 Å². The van der Waals surface area contributed by atoms with Gasteiger partial charge in [0.1, 0.15) is 11.4 Å². The first-order valence-corrected chi connectivity index (χ1v) is 5.11. The summed E-state index contributed by atoms with van der Waals surface area (Å²) in [5.41, 5.74) is 6.85. The number of nitrogens with two attached hydrogens (primary N) is 1. The van der Waals surface area contributed by atoms with Gasteiger partial charge in [0.15, 0.2) is 5.84 Å². The maximum absolute atomic E-state index is 8.71. The fraction of sp³-hybridized carbons (Fsp3) is 0.417. The van der Waals surface area contributed by atoms with Gasteiger partial charge in [0.25, 0.3) is 0 Å². The molecule has 88 valence electrons. The second-order valence-electron chi connectivity index (χ2n) is 4.65. The first-order chi connectivity index (χ1) is 7.35. The molecule has 4 heteroatoms. The molecule has 0 saturated carbocycles. The third kappa shape index (κ3) is 2.89. The second-order valence-corrected chi connectivity index (χ2v) is 4.65. The summed E-state index contributed by atoms with van der Waals surface area (Å²) in [7, 11) is 0. The summed E-state index contributed by atoms with van der Waals surface area (Å²) in [6.07, 6.45) is 0. The van der Waals surface area contributed by atoms with Crippen LogP contribution in [0.5, 0.6) is 5.75 Å². The number of hydrogen-bond donors (Lipinski definition) is 2. The SMILES string of the molecule is Cc1cccc(/C(N)=N/O)c1OC(C)(C)C. The third-order valence-electron chi connectivity index (χ3n) is 2.00. The molecule has 1 aromatic rings. The lowest BCUT2D eigenvalue weighted by Gasteiger charge is -2.24. The largest absolute Gasteiger partial charge is 0.487 e. The van der Waals surface area contributed by atoms with Gasteiger partial charge in [0.2, 0.25) is 0 Å². The van der Waals surface area contributed by atoms with Crippen LogP contribution in [-0.2, 0) is 0 Å². The lowest BCUT2D eigenvalue weighted by molar-refractivity contribution is 0.129. The Hall–Kier alpha value is -1.71. The Labute approximate surface area is 95.7 Å². The zero-order valence-electron chi connectivity index (χ0n) is 10.1. The van der Waals surface area contributed by atoms with Crippen molar-refractivity contribution in [3.8, 4) is 5.75 Å². The van der Waals surface area contributed by atoms with Crippen LogP contribution in [-0.4, -0.2) is 16.6 Å². The molecule has 0 heterocycles. The zero-order valence-corrected chi connectivity index (χ0v) is 10.1. The quantitative estimate of drug-likeness (QED) is 0.349. The van der Waals surface area contributed by atoms with Crippen LogP contribution in [0.1, 0.15) is 31.9 Å². The molecule has 3 N–H and O–H groups in total. The molecule has 1 aromatic carbocycles. The highest BCUT2D eigenvalue weighted by Gasteiger charge is 2.18. The molecule has 16 heavy (non-hydrogen) atoms. The lowest BCUT2D eigenvalue weighted by Crippen LogP contribution is -2.26. The number of rotatable bonds is 2. The van der Waals surface area contributed by atoms with Crippen molar-refractivity contribution in [3.63, 3.8) is 0 Å². The standard InChI is InChI=1S/C12H18N2O2/c1-8-6-5-7-9(11(13)14-15)10(8)16-12(2,3)4/h5-7,15H,1-4H3,(H2,13,14). The summed E-state index contributed by atoms with van der Waals surface area (Å²) >= 11 is 0. The lowest BCUT2D eigenvalue weighted by atomic mass is 10.1. The van der Waals surface area contributed by atoms with E-state index < -0.39 is 0 Å². The molecule has 0 spiro atoms. The first kappa shape index (κ1) is 12.4. The van der Waals surface area contributed by atoms with Crippen LogP contribution in [0.15, 0.2) is 23.4 Å². The molecule has 0 radical (unpaired) electrons. The van der Waals surface area contributed by atoms with Crippen LogP contribution in [0, 0.1) is 6.92 Å². The molecule has 0 bridgehead atoms. The van der Waals surface area contributed by atoms with E-state index in [1.54, 1.807) is 6.07 Å². The van der Waals surface area contributed by atoms with Crippen LogP contribution < -0.4 is 10.5 Å². The number of hydrogen-bond acceptors (Lipinski definition) is 3. The molecule has 0 amide bonds. The summed E-state index contributed by atoms with van der Waals surface area (Å²) in [5, 5.41) is 11.7. The Balaban J connectivity index is 3.24. The van der Waals surface area contributed by atoms with Crippen LogP contribution in [0.25, 0.3) is 0 Å². The Bertz CT molecular complexity index is 406. The van der Waals surface area contributed by atoms with E-state index in [-0.39, 0.29) is 11.4 Å². The van der Waals surface area contributed by atoms with E-state index in [0.29, 0.717) is 11.3 Å². The molecule has 0 aliphatic rings. The van der Waals surface area contributed by atoms with Gasteiger partial charge in [-0.05, 0) is 39.3 Å². The fourth-order valence-corrected chi connectivity index (χ4v) is 1.35. The Kier molecular flexibility index (Phi) is 3.42. The molecular formula is C12H18N2O2. The molecule has 0 aromatic heterocycles. The number of ether oxygens (including phenoxy) is 1. The van der Waals surface area contributed by atoms with Gasteiger partial charge in [0, 0.05) is 0 Å². The normalized spacial score (nSPS) is 12.6. The first-order valence-electron chi connectivity index (χ1n) is 5.11. The minimum atomic E-state index is -0.323. The Morgan fingerprint density at radius 1 is 1.38 bits per heavy atom. The minimum Gasteiger partial charge on any atom is -0.487 e. The van der Waals surface area contributed by atoms with Crippen LogP contribution in [0.3, 0.4) is 0 Å². The summed E-state index contributed by atoms with van der Waals surface area (Å²) < 4.78 is 5.81. The van der Waals surface area contributed by atoms with Gasteiger partial charge in [-0.1, -0.05) is 17.3 Å². The van der Waals surface area contributed by atoms with Gasteiger partial charge in [-0.2, -0.15) is 0 Å². The predicted octanol–water partition coefficient (Wildman–Crippen LogP) is 2.27. The van der Waals surface area contributed by atoms with Gasteiger partial charge >= 0.3 is 0 Å². The molecule has 1 rings (SSSR count). The van der Waals surface area contributed by atoms with Crippen LogP contribution >= 0.6 is 0 Å². The average molecular weight is 222 g/mol. The monoisotopic (exact) mass is 222 g/mol. The highest BCUT2D eigenvalue weighted by molar-refractivity contribution is 5.99. The summed E-state index contributed by atoms with van der Waals surface area (Å²) in [4.78, 5) is 0. The van der Waals surface area contributed by atoms with Crippen molar-refractivity contribution in [2.45, 2.75) is 33.3 Å². The summed E-state index contributed by atoms with van der Waals surface area (Å²) in [6.45, 7) is 7.79. The van der Waals surface area contributed by atoms with Gasteiger partial charge in [-0.25, -0.2) is 0 Å². The van der Waals surface area contributed by atoms with E-state index in [1.165, 1.54) is 0 Å². The van der Waals surface area contributed by atoms with Gasteiger partial charge in [-0.15, -0.1) is 0 Å². The van der Waals surface area contributed by atoms with Crippen molar-refractivity contribution in [3.05, 3.63) is 29.3 Å². The minimum absolute atomic E-state index is 0.0583. The molecule has 4 nitrogen and oxygen atoms in total. The molecule has 0 atom stereocenters. The Morgan fingerprint density at radius 2 is 2.00 bits per heavy atom. The fourth-order valence-electron chi connectivity index (χ4n) is 1.35. The zero-order chi connectivity index (χ0) is 12.3. The predicted molar refractivity (Wildman–Crippen MR) is 64.1 cm³/mol. The molecule has 0 fully saturated rings. The highest BCUT2D eigenvalue weighted by atomic mass is 16.5. The van der Waals surface area contributed by atoms with E-state index in [0.717, 1.165) is 5.56 Å². The van der Waals surface area contributed by atoms with Crippen molar-refractivity contribution in [2.75, 3.05) is 0 Å². The molecule has 0 saturated heterocycles. The second kappa shape index (κ2) is 4.43. The van der Waals surface area contributed by atoms with E-state index in [1.807, 2.05) is 39.8 Å². The number of amidine groups is 1. The van der Waals surface area contributed by atoms with E-state index in [9.17, 15) is 0 Å². The highest BCUT2D eigenvalue weighted by Crippen LogP contribution is 2.27.